The molecule has 0 bridgehead atoms. The van der Waals surface area contributed by atoms with Crippen molar-refractivity contribution in [2.24, 2.45) is 0 Å². The summed E-state index contributed by atoms with van der Waals surface area (Å²) in [5, 5.41) is 4.23. The molecule has 0 saturated carbocycles. The van der Waals surface area contributed by atoms with E-state index >= 15 is 0 Å². The van der Waals surface area contributed by atoms with Gasteiger partial charge in [0.1, 0.15) is 5.82 Å². The maximum absolute atomic E-state index is 13.6. The van der Waals surface area contributed by atoms with E-state index in [0.29, 0.717) is 5.56 Å². The second-order valence-electron chi connectivity index (χ2n) is 4.28. The Balaban J connectivity index is 2.16. The molecule has 0 amide bonds. The molecule has 0 radical (unpaired) electrons. The number of rotatable bonds is 4. The third-order valence-corrected chi connectivity index (χ3v) is 2.59. The van der Waals surface area contributed by atoms with E-state index in [2.05, 4.69) is 10.00 Å². The first-order valence-corrected chi connectivity index (χ1v) is 5.59. The zero-order valence-corrected chi connectivity index (χ0v) is 10.1. The fraction of sp³-hybridized carbons (Fsp3) is 0.308. The number of halogens is 1. The van der Waals surface area contributed by atoms with E-state index in [-0.39, 0.29) is 5.82 Å². The van der Waals surface area contributed by atoms with E-state index in [0.717, 1.165) is 18.7 Å². The van der Waals surface area contributed by atoms with Gasteiger partial charge in [-0.1, -0.05) is 18.2 Å². The summed E-state index contributed by atoms with van der Waals surface area (Å²) < 4.78 is 15.4. The first-order chi connectivity index (χ1) is 8.16. The fourth-order valence-electron chi connectivity index (χ4n) is 1.62. The molecule has 2 rings (SSSR count). The summed E-state index contributed by atoms with van der Waals surface area (Å²) in [5.41, 5.74) is 1.42. The van der Waals surface area contributed by atoms with E-state index in [1.807, 2.05) is 31.0 Å². The number of hydrogen-bond donors (Lipinski definition) is 0. The fourth-order valence-corrected chi connectivity index (χ4v) is 1.62. The first kappa shape index (κ1) is 11.8. The molecular formula is C13H16FN3. The molecule has 1 aromatic heterocycles. The Morgan fingerprint density at radius 2 is 2.06 bits per heavy atom. The van der Waals surface area contributed by atoms with Crippen LogP contribution >= 0.6 is 0 Å². The van der Waals surface area contributed by atoms with E-state index in [9.17, 15) is 4.39 Å². The minimum atomic E-state index is -0.209. The van der Waals surface area contributed by atoms with Crippen molar-refractivity contribution in [1.29, 1.82) is 0 Å². The Kier molecular flexibility index (Phi) is 3.54. The molecule has 0 saturated heterocycles. The summed E-state index contributed by atoms with van der Waals surface area (Å²) in [6, 6.07) is 6.75. The van der Waals surface area contributed by atoms with Gasteiger partial charge in [0.25, 0.3) is 0 Å². The number of benzene rings is 1. The minimum absolute atomic E-state index is 0.209. The second-order valence-corrected chi connectivity index (χ2v) is 4.28. The largest absolute Gasteiger partial charge is 0.308 e. The van der Waals surface area contributed by atoms with Crippen molar-refractivity contribution < 1.29 is 4.39 Å². The molecule has 4 heteroatoms. The van der Waals surface area contributed by atoms with Crippen molar-refractivity contribution >= 4 is 0 Å². The topological polar surface area (TPSA) is 21.1 Å². The summed E-state index contributed by atoms with van der Waals surface area (Å²) in [7, 11) is 4.03. The average Bonchev–Trinajstić information content (AvgIpc) is 2.75. The predicted molar refractivity (Wildman–Crippen MR) is 66.2 cm³/mol. The van der Waals surface area contributed by atoms with Crippen molar-refractivity contribution in [3.05, 3.63) is 42.5 Å². The van der Waals surface area contributed by atoms with Gasteiger partial charge in [0, 0.05) is 23.9 Å². The Morgan fingerprint density at radius 3 is 2.76 bits per heavy atom. The van der Waals surface area contributed by atoms with Crippen LogP contribution in [0.1, 0.15) is 0 Å². The van der Waals surface area contributed by atoms with Gasteiger partial charge in [-0.05, 0) is 20.2 Å². The van der Waals surface area contributed by atoms with Gasteiger partial charge in [-0.15, -0.1) is 0 Å². The molecule has 3 nitrogen and oxygen atoms in total. The van der Waals surface area contributed by atoms with Gasteiger partial charge in [0.2, 0.25) is 0 Å². The molecule has 0 aliphatic heterocycles. The van der Waals surface area contributed by atoms with Crippen LogP contribution < -0.4 is 0 Å². The molecular weight excluding hydrogens is 217 g/mol. The summed E-state index contributed by atoms with van der Waals surface area (Å²) in [5.74, 6) is -0.209. The zero-order chi connectivity index (χ0) is 12.3. The smallest absolute Gasteiger partial charge is 0.131 e. The molecule has 17 heavy (non-hydrogen) atoms. The van der Waals surface area contributed by atoms with Crippen molar-refractivity contribution in [2.45, 2.75) is 6.54 Å². The summed E-state index contributed by atoms with van der Waals surface area (Å²) in [4.78, 5) is 2.09. The van der Waals surface area contributed by atoms with Crippen LogP contribution in [0.2, 0.25) is 0 Å². The van der Waals surface area contributed by atoms with Crippen LogP contribution in [0.4, 0.5) is 4.39 Å². The predicted octanol–water partition coefficient (Wildman–Crippen LogP) is 2.25. The number of aromatic nitrogens is 2. The lowest BCUT2D eigenvalue weighted by molar-refractivity contribution is 0.373. The van der Waals surface area contributed by atoms with E-state index in [1.54, 1.807) is 18.3 Å². The molecule has 0 spiro atoms. The molecule has 0 aliphatic carbocycles. The maximum atomic E-state index is 13.6. The number of hydrogen-bond acceptors (Lipinski definition) is 2. The van der Waals surface area contributed by atoms with Crippen LogP contribution in [0.25, 0.3) is 11.1 Å². The highest BCUT2D eigenvalue weighted by atomic mass is 19.1. The summed E-state index contributed by atoms with van der Waals surface area (Å²) in [6.45, 7) is 1.72. The van der Waals surface area contributed by atoms with Crippen LogP contribution in [0.15, 0.2) is 36.7 Å². The second kappa shape index (κ2) is 5.10. The van der Waals surface area contributed by atoms with Crippen LogP contribution in [0.5, 0.6) is 0 Å². The Hall–Kier alpha value is -1.68. The van der Waals surface area contributed by atoms with Crippen LogP contribution in [0.3, 0.4) is 0 Å². The standard InChI is InChI=1S/C13H16FN3/c1-16(2)7-8-17-10-11(9-15-17)12-5-3-4-6-13(12)14/h3-6,9-10H,7-8H2,1-2H3. The average molecular weight is 233 g/mol. The van der Waals surface area contributed by atoms with Crippen molar-refractivity contribution in [2.75, 3.05) is 20.6 Å². The minimum Gasteiger partial charge on any atom is -0.308 e. The lowest BCUT2D eigenvalue weighted by Crippen LogP contribution is -2.18. The van der Waals surface area contributed by atoms with Crippen molar-refractivity contribution in [1.82, 2.24) is 14.7 Å². The molecule has 0 unspecified atom stereocenters. The first-order valence-electron chi connectivity index (χ1n) is 5.59. The highest BCUT2D eigenvalue weighted by molar-refractivity contribution is 5.62. The zero-order valence-electron chi connectivity index (χ0n) is 10.1. The number of likely N-dealkylation sites (N-methyl/N-ethyl adjacent to an activating group) is 1. The van der Waals surface area contributed by atoms with Gasteiger partial charge in [-0.2, -0.15) is 5.10 Å². The van der Waals surface area contributed by atoms with E-state index in [4.69, 9.17) is 0 Å². The highest BCUT2D eigenvalue weighted by Crippen LogP contribution is 2.21. The third kappa shape index (κ3) is 2.91. The highest BCUT2D eigenvalue weighted by Gasteiger charge is 2.06. The van der Waals surface area contributed by atoms with Crippen LogP contribution in [-0.2, 0) is 6.54 Å². The molecule has 90 valence electrons. The van der Waals surface area contributed by atoms with Gasteiger partial charge >= 0.3 is 0 Å². The summed E-state index contributed by atoms with van der Waals surface area (Å²) in [6.07, 6.45) is 3.58. The van der Waals surface area contributed by atoms with Crippen LogP contribution in [0, 0.1) is 5.82 Å². The van der Waals surface area contributed by atoms with Gasteiger partial charge in [-0.3, -0.25) is 4.68 Å². The molecule has 1 heterocycles. The lowest BCUT2D eigenvalue weighted by Gasteiger charge is -2.08. The third-order valence-electron chi connectivity index (χ3n) is 2.59. The normalized spacial score (nSPS) is 11.1. The van der Waals surface area contributed by atoms with E-state index < -0.39 is 0 Å². The van der Waals surface area contributed by atoms with Gasteiger partial charge in [0.05, 0.1) is 12.7 Å². The van der Waals surface area contributed by atoms with Gasteiger partial charge in [0.15, 0.2) is 0 Å². The van der Waals surface area contributed by atoms with Crippen molar-refractivity contribution in [3.63, 3.8) is 0 Å². The van der Waals surface area contributed by atoms with E-state index in [1.165, 1.54) is 6.07 Å². The van der Waals surface area contributed by atoms with Crippen molar-refractivity contribution in [3.8, 4) is 11.1 Å². The lowest BCUT2D eigenvalue weighted by atomic mass is 10.1. The Morgan fingerprint density at radius 1 is 1.29 bits per heavy atom. The number of nitrogens with zero attached hydrogens (tertiary/aromatic N) is 3. The monoisotopic (exact) mass is 233 g/mol. The molecule has 1 aromatic carbocycles. The summed E-state index contributed by atoms with van der Waals surface area (Å²) >= 11 is 0. The SMILES string of the molecule is CN(C)CCn1cc(-c2ccccc2F)cn1. The quantitative estimate of drug-likeness (QED) is 0.807. The van der Waals surface area contributed by atoms with Crippen LogP contribution in [-0.4, -0.2) is 35.3 Å². The van der Waals surface area contributed by atoms with Gasteiger partial charge < -0.3 is 4.90 Å². The Bertz CT molecular complexity index is 491. The molecule has 2 aromatic rings. The van der Waals surface area contributed by atoms with Gasteiger partial charge in [-0.25, -0.2) is 4.39 Å². The maximum Gasteiger partial charge on any atom is 0.131 e. The molecule has 0 fully saturated rings. The molecule has 0 N–H and O–H groups in total. The molecule has 0 atom stereocenters. The Labute approximate surface area is 100 Å². The molecule has 0 aliphatic rings.